The second-order valence-electron chi connectivity index (χ2n) is 6.50. The van der Waals surface area contributed by atoms with E-state index in [1.165, 1.54) is 0 Å². The van der Waals surface area contributed by atoms with Crippen LogP contribution in [0.15, 0.2) is 36.8 Å². The lowest BCUT2D eigenvalue weighted by Gasteiger charge is -2.23. The molecule has 0 aromatic carbocycles. The molecule has 3 rings (SSSR count). The van der Waals surface area contributed by atoms with Crippen LogP contribution in [-0.4, -0.2) is 66.0 Å². The summed E-state index contributed by atoms with van der Waals surface area (Å²) in [6.07, 6.45) is 4.07. The van der Waals surface area contributed by atoms with Crippen molar-refractivity contribution in [2.75, 3.05) is 45.2 Å². The molecule has 1 unspecified atom stereocenters. The molecular formula is C18H24N6O. The molecule has 7 nitrogen and oxygen atoms in total. The zero-order chi connectivity index (χ0) is 17.6. The van der Waals surface area contributed by atoms with Gasteiger partial charge in [0.25, 0.3) is 5.91 Å². The maximum absolute atomic E-state index is 12.7. The minimum atomic E-state index is -0.00836. The van der Waals surface area contributed by atoms with Crippen molar-refractivity contribution in [3.05, 3.63) is 48.2 Å². The highest BCUT2D eigenvalue weighted by molar-refractivity contribution is 5.92. The molecule has 0 radical (unpaired) electrons. The molecule has 0 spiro atoms. The van der Waals surface area contributed by atoms with Crippen molar-refractivity contribution >= 4 is 11.7 Å². The first-order valence-electron chi connectivity index (χ1n) is 8.53. The average Bonchev–Trinajstić information content (AvgIpc) is 2.87. The summed E-state index contributed by atoms with van der Waals surface area (Å²) in [4.78, 5) is 29.4. The number of rotatable bonds is 4. The topological polar surface area (TPSA) is 74.2 Å². The zero-order valence-electron chi connectivity index (χ0n) is 14.7. The third kappa shape index (κ3) is 4.51. The summed E-state index contributed by atoms with van der Waals surface area (Å²) >= 11 is 0. The van der Waals surface area contributed by atoms with Crippen molar-refractivity contribution in [3.63, 3.8) is 0 Å². The number of hydrogen-bond donors (Lipinski definition) is 1. The van der Waals surface area contributed by atoms with Crippen molar-refractivity contribution in [2.24, 2.45) is 5.92 Å². The van der Waals surface area contributed by atoms with Gasteiger partial charge >= 0.3 is 0 Å². The molecular weight excluding hydrogens is 316 g/mol. The van der Waals surface area contributed by atoms with Crippen molar-refractivity contribution in [1.82, 2.24) is 25.2 Å². The molecule has 3 heterocycles. The fourth-order valence-electron chi connectivity index (χ4n) is 3.00. The summed E-state index contributed by atoms with van der Waals surface area (Å²) in [5.74, 6) is 1.19. The Bertz CT molecular complexity index is 706. The van der Waals surface area contributed by atoms with Crippen molar-refractivity contribution in [2.45, 2.75) is 6.42 Å². The second kappa shape index (κ2) is 8.02. The molecule has 7 heteroatoms. The molecule has 0 saturated carbocycles. The minimum Gasteiger partial charge on any atom is -0.363 e. The van der Waals surface area contributed by atoms with E-state index in [9.17, 15) is 4.79 Å². The number of aromatic nitrogens is 3. The van der Waals surface area contributed by atoms with Crippen LogP contribution in [0.5, 0.6) is 0 Å². The quantitative estimate of drug-likeness (QED) is 0.889. The van der Waals surface area contributed by atoms with E-state index in [0.717, 1.165) is 31.0 Å². The Kier molecular flexibility index (Phi) is 5.55. The predicted octanol–water partition coefficient (Wildman–Crippen LogP) is 0.842. The van der Waals surface area contributed by atoms with Crippen LogP contribution in [0.3, 0.4) is 0 Å². The van der Waals surface area contributed by atoms with E-state index in [1.807, 2.05) is 42.1 Å². The van der Waals surface area contributed by atoms with Gasteiger partial charge in [0.05, 0.1) is 0 Å². The fourth-order valence-corrected chi connectivity index (χ4v) is 3.00. The van der Waals surface area contributed by atoms with Gasteiger partial charge in [-0.15, -0.1) is 0 Å². The lowest BCUT2D eigenvalue weighted by molar-refractivity contribution is 0.0741. The Balaban J connectivity index is 1.70. The summed E-state index contributed by atoms with van der Waals surface area (Å²) in [5.41, 5.74) is 1.50. The Morgan fingerprint density at radius 1 is 1.32 bits per heavy atom. The van der Waals surface area contributed by atoms with E-state index in [1.54, 1.807) is 18.6 Å². The third-order valence-electron chi connectivity index (χ3n) is 4.31. The van der Waals surface area contributed by atoms with Crippen LogP contribution in [0.1, 0.15) is 16.2 Å². The van der Waals surface area contributed by atoms with Gasteiger partial charge in [0.2, 0.25) is 0 Å². The number of hydrogen-bond acceptors (Lipinski definition) is 6. The molecule has 1 aliphatic heterocycles. The van der Waals surface area contributed by atoms with Gasteiger partial charge in [0, 0.05) is 58.2 Å². The van der Waals surface area contributed by atoms with Gasteiger partial charge in [-0.05, 0) is 24.5 Å². The highest BCUT2D eigenvalue weighted by Crippen LogP contribution is 2.15. The molecule has 2 aromatic rings. The van der Waals surface area contributed by atoms with Gasteiger partial charge in [0.1, 0.15) is 17.8 Å². The van der Waals surface area contributed by atoms with Crippen molar-refractivity contribution in [3.8, 4) is 0 Å². The molecule has 1 amide bonds. The summed E-state index contributed by atoms with van der Waals surface area (Å²) < 4.78 is 0. The number of carbonyl (C=O) groups excluding carboxylic acids is 1. The van der Waals surface area contributed by atoms with E-state index in [2.05, 4.69) is 20.3 Å². The molecule has 1 N–H and O–H groups in total. The van der Waals surface area contributed by atoms with E-state index >= 15 is 0 Å². The Morgan fingerprint density at radius 2 is 2.20 bits per heavy atom. The van der Waals surface area contributed by atoms with Gasteiger partial charge in [-0.1, -0.05) is 6.07 Å². The van der Waals surface area contributed by atoms with Crippen LogP contribution in [-0.2, 0) is 6.42 Å². The molecule has 0 aliphatic carbocycles. The second-order valence-corrected chi connectivity index (χ2v) is 6.50. The van der Waals surface area contributed by atoms with Crippen molar-refractivity contribution in [1.29, 1.82) is 0 Å². The number of carbonyl (C=O) groups is 1. The standard InChI is InChI=1S/C18H24N6O/c1-23(2)17-10-15(21-13-22-17)9-14-11-19-7-8-24(12-14)18(25)16-5-3-4-6-20-16/h3-6,10,13-14,19H,7-9,11-12H2,1-2H3. The molecule has 1 fully saturated rings. The van der Waals surface area contributed by atoms with E-state index in [0.29, 0.717) is 24.7 Å². The molecule has 1 saturated heterocycles. The lowest BCUT2D eigenvalue weighted by atomic mass is 10.0. The average molecular weight is 340 g/mol. The van der Waals surface area contributed by atoms with Crippen LogP contribution >= 0.6 is 0 Å². The highest BCUT2D eigenvalue weighted by Gasteiger charge is 2.24. The van der Waals surface area contributed by atoms with Crippen LogP contribution in [0.25, 0.3) is 0 Å². The minimum absolute atomic E-state index is 0.00836. The maximum Gasteiger partial charge on any atom is 0.272 e. The monoisotopic (exact) mass is 340 g/mol. The molecule has 0 bridgehead atoms. The summed E-state index contributed by atoms with van der Waals surface area (Å²) in [6.45, 7) is 3.05. The van der Waals surface area contributed by atoms with Crippen LogP contribution < -0.4 is 10.2 Å². The molecule has 1 aliphatic rings. The predicted molar refractivity (Wildman–Crippen MR) is 96.6 cm³/mol. The number of anilines is 1. The van der Waals surface area contributed by atoms with Gasteiger partial charge < -0.3 is 15.1 Å². The number of amides is 1. The fraction of sp³-hybridized carbons (Fsp3) is 0.444. The van der Waals surface area contributed by atoms with Crippen molar-refractivity contribution < 1.29 is 4.79 Å². The van der Waals surface area contributed by atoms with E-state index in [-0.39, 0.29) is 5.91 Å². The highest BCUT2D eigenvalue weighted by atomic mass is 16.2. The van der Waals surface area contributed by atoms with E-state index in [4.69, 9.17) is 0 Å². The van der Waals surface area contributed by atoms with Crippen LogP contribution in [0, 0.1) is 5.92 Å². The zero-order valence-corrected chi connectivity index (χ0v) is 14.7. The summed E-state index contributed by atoms with van der Waals surface area (Å²) in [7, 11) is 3.93. The Labute approximate surface area is 148 Å². The van der Waals surface area contributed by atoms with Crippen LogP contribution in [0.4, 0.5) is 5.82 Å². The summed E-state index contributed by atoms with van der Waals surface area (Å²) in [5, 5.41) is 3.42. The molecule has 2 aromatic heterocycles. The molecule has 1 atom stereocenters. The van der Waals surface area contributed by atoms with Gasteiger partial charge in [0.15, 0.2) is 0 Å². The SMILES string of the molecule is CN(C)c1cc(CC2CNCCN(C(=O)c3ccccn3)C2)ncn1. The number of nitrogens with one attached hydrogen (secondary N) is 1. The van der Waals surface area contributed by atoms with Gasteiger partial charge in [-0.2, -0.15) is 0 Å². The third-order valence-corrected chi connectivity index (χ3v) is 4.31. The van der Waals surface area contributed by atoms with Gasteiger partial charge in [-0.25, -0.2) is 9.97 Å². The Morgan fingerprint density at radius 3 is 2.96 bits per heavy atom. The number of pyridine rings is 1. The summed E-state index contributed by atoms with van der Waals surface area (Å²) in [6, 6.07) is 7.44. The lowest BCUT2D eigenvalue weighted by Crippen LogP contribution is -2.37. The first kappa shape index (κ1) is 17.3. The van der Waals surface area contributed by atoms with E-state index < -0.39 is 0 Å². The normalized spacial score (nSPS) is 17.8. The Hall–Kier alpha value is -2.54. The smallest absolute Gasteiger partial charge is 0.272 e. The molecule has 25 heavy (non-hydrogen) atoms. The van der Waals surface area contributed by atoms with Crippen LogP contribution in [0.2, 0.25) is 0 Å². The first-order valence-corrected chi connectivity index (χ1v) is 8.53. The largest absolute Gasteiger partial charge is 0.363 e. The molecule has 132 valence electrons. The first-order chi connectivity index (χ1) is 12.1. The maximum atomic E-state index is 12.7. The van der Waals surface area contributed by atoms with Gasteiger partial charge in [-0.3, -0.25) is 9.78 Å². The number of nitrogens with zero attached hydrogens (tertiary/aromatic N) is 5.